The lowest BCUT2D eigenvalue weighted by molar-refractivity contribution is -0.136. The quantitative estimate of drug-likeness (QED) is 0.665. The van der Waals surface area contributed by atoms with Crippen LogP contribution in [0.15, 0.2) is 18.2 Å². The van der Waals surface area contributed by atoms with Crippen molar-refractivity contribution in [2.75, 3.05) is 0 Å². The van der Waals surface area contributed by atoms with Gasteiger partial charge in [-0.25, -0.2) is 0 Å². The summed E-state index contributed by atoms with van der Waals surface area (Å²) in [4.78, 5) is 0. The van der Waals surface area contributed by atoms with Gasteiger partial charge in [-0.15, -0.1) is 0 Å². The Hall–Kier alpha value is -0.483. The Balaban J connectivity index is 3.41. The van der Waals surface area contributed by atoms with Crippen LogP contribution in [0.5, 0.6) is 0 Å². The minimum atomic E-state index is -4.29. The van der Waals surface area contributed by atoms with Crippen LogP contribution >= 0.6 is 11.6 Å². The van der Waals surface area contributed by atoms with Gasteiger partial charge in [-0.1, -0.05) is 31.2 Å². The van der Waals surface area contributed by atoms with Crippen LogP contribution in [0.1, 0.15) is 5.56 Å². The van der Waals surface area contributed by atoms with Crippen molar-refractivity contribution in [2.24, 2.45) is 0 Å². The highest BCUT2D eigenvalue weighted by Crippen LogP contribution is 2.30. The van der Waals surface area contributed by atoms with Crippen LogP contribution in [0.2, 0.25) is 24.7 Å². The third kappa shape index (κ3) is 2.98. The third-order valence-electron chi connectivity index (χ3n) is 2.10. The van der Waals surface area contributed by atoms with Crippen LogP contribution in [0.4, 0.5) is 13.2 Å². The third-order valence-corrected chi connectivity index (χ3v) is 4.36. The molecule has 0 amide bonds. The van der Waals surface area contributed by atoms with Crippen molar-refractivity contribution in [3.8, 4) is 0 Å². The van der Waals surface area contributed by atoms with E-state index in [1.807, 2.05) is 19.6 Å². The lowest BCUT2D eigenvalue weighted by atomic mass is 10.2. The van der Waals surface area contributed by atoms with E-state index >= 15 is 0 Å². The Kier molecular flexibility index (Phi) is 3.21. The van der Waals surface area contributed by atoms with E-state index < -0.39 is 19.8 Å². The molecule has 1 aromatic carbocycles. The van der Waals surface area contributed by atoms with E-state index in [1.54, 1.807) is 0 Å². The van der Waals surface area contributed by atoms with Crippen molar-refractivity contribution in [1.29, 1.82) is 0 Å². The molecule has 0 N–H and O–H groups in total. The van der Waals surface area contributed by atoms with Crippen LogP contribution in [0.25, 0.3) is 0 Å². The zero-order valence-electron chi connectivity index (χ0n) is 8.74. The average molecular weight is 253 g/mol. The highest BCUT2D eigenvalue weighted by Gasteiger charge is 2.36. The molecule has 84 valence electrons. The summed E-state index contributed by atoms with van der Waals surface area (Å²) in [6, 6.07) is 3.79. The lowest BCUT2D eigenvalue weighted by Gasteiger charge is -2.22. The van der Waals surface area contributed by atoms with Crippen LogP contribution in [0.3, 0.4) is 0 Å². The molecule has 5 heteroatoms. The number of hydrogen-bond donors (Lipinski definition) is 0. The molecule has 0 radical (unpaired) electrons. The molecule has 15 heavy (non-hydrogen) atoms. The second-order valence-electron chi connectivity index (χ2n) is 4.44. The normalized spacial score (nSPS) is 13.0. The predicted octanol–water partition coefficient (Wildman–Crippen LogP) is 3.90. The molecule has 0 spiro atoms. The minimum Gasteiger partial charge on any atom is -0.166 e. The van der Waals surface area contributed by atoms with Gasteiger partial charge in [0.25, 0.3) is 0 Å². The number of rotatable bonds is 1. The molecule has 0 aliphatic rings. The molecule has 0 bridgehead atoms. The summed E-state index contributed by atoms with van der Waals surface area (Å²) in [6.07, 6.45) is -4.29. The standard InChI is InChI=1S/C10H12ClF3Si/c1-15(2,3)9-6-7(11)4-5-8(9)10(12,13)14/h4-6H,1-3H3. The van der Waals surface area contributed by atoms with Crippen LogP contribution in [0, 0.1) is 0 Å². The van der Waals surface area contributed by atoms with Crippen LogP contribution < -0.4 is 5.19 Å². The first-order chi connectivity index (χ1) is 6.62. The molecule has 0 nitrogen and oxygen atoms in total. The lowest BCUT2D eigenvalue weighted by Crippen LogP contribution is -2.42. The largest absolute Gasteiger partial charge is 0.416 e. The molecule has 0 aliphatic heterocycles. The van der Waals surface area contributed by atoms with Crippen molar-refractivity contribution < 1.29 is 13.2 Å². The monoisotopic (exact) mass is 252 g/mol. The van der Waals surface area contributed by atoms with Gasteiger partial charge in [0.05, 0.1) is 13.6 Å². The molecule has 1 aromatic rings. The van der Waals surface area contributed by atoms with Gasteiger partial charge in [0, 0.05) is 5.02 Å². The topological polar surface area (TPSA) is 0 Å². The molecule has 0 atom stereocenters. The molecule has 0 aliphatic carbocycles. The second kappa shape index (κ2) is 3.83. The van der Waals surface area contributed by atoms with Crippen molar-refractivity contribution >= 4 is 24.9 Å². The van der Waals surface area contributed by atoms with Crippen LogP contribution in [-0.2, 0) is 6.18 Å². The summed E-state index contributed by atoms with van der Waals surface area (Å²) in [5.41, 5.74) is -0.550. The summed E-state index contributed by atoms with van der Waals surface area (Å²) < 4.78 is 38.1. The van der Waals surface area contributed by atoms with E-state index in [9.17, 15) is 13.2 Å². The van der Waals surface area contributed by atoms with Gasteiger partial charge in [0.15, 0.2) is 0 Å². The summed E-state index contributed by atoms with van der Waals surface area (Å²) >= 11 is 5.73. The number of halogens is 4. The van der Waals surface area contributed by atoms with Gasteiger partial charge < -0.3 is 0 Å². The first-order valence-corrected chi connectivity index (χ1v) is 8.37. The highest BCUT2D eigenvalue weighted by atomic mass is 35.5. The summed E-state index contributed by atoms with van der Waals surface area (Å²) in [6.45, 7) is 5.61. The molecule has 0 heterocycles. The van der Waals surface area contributed by atoms with E-state index in [0.717, 1.165) is 6.07 Å². The van der Waals surface area contributed by atoms with Crippen molar-refractivity contribution in [2.45, 2.75) is 25.8 Å². The molecular weight excluding hydrogens is 241 g/mol. The van der Waals surface area contributed by atoms with E-state index in [0.29, 0.717) is 10.2 Å². The Labute approximate surface area is 93.1 Å². The van der Waals surface area contributed by atoms with Gasteiger partial charge in [-0.2, -0.15) is 13.2 Å². The second-order valence-corrected chi connectivity index (χ2v) is 9.91. The van der Waals surface area contributed by atoms with Gasteiger partial charge in [0.1, 0.15) is 0 Å². The molecular formula is C10H12ClF3Si. The van der Waals surface area contributed by atoms with Crippen molar-refractivity contribution in [1.82, 2.24) is 0 Å². The molecule has 0 saturated carbocycles. The van der Waals surface area contributed by atoms with Crippen molar-refractivity contribution in [3.05, 3.63) is 28.8 Å². The fourth-order valence-electron chi connectivity index (χ4n) is 1.38. The van der Waals surface area contributed by atoms with Crippen LogP contribution in [-0.4, -0.2) is 8.07 Å². The van der Waals surface area contributed by atoms with Gasteiger partial charge >= 0.3 is 6.18 Å². The Morgan fingerprint density at radius 1 is 1.13 bits per heavy atom. The fourth-order valence-corrected chi connectivity index (χ4v) is 3.27. The highest BCUT2D eigenvalue weighted by molar-refractivity contribution is 6.89. The maximum atomic E-state index is 12.7. The number of hydrogen-bond acceptors (Lipinski definition) is 0. The Morgan fingerprint density at radius 2 is 1.67 bits per heavy atom. The maximum Gasteiger partial charge on any atom is 0.416 e. The van der Waals surface area contributed by atoms with Gasteiger partial charge in [-0.05, 0) is 23.4 Å². The van der Waals surface area contributed by atoms with Gasteiger partial charge in [-0.3, -0.25) is 0 Å². The van der Waals surface area contributed by atoms with Crippen molar-refractivity contribution in [3.63, 3.8) is 0 Å². The summed E-state index contributed by atoms with van der Waals surface area (Å²) in [5, 5.41) is 0.725. The predicted molar refractivity (Wildman–Crippen MR) is 59.4 cm³/mol. The first kappa shape index (κ1) is 12.6. The summed E-state index contributed by atoms with van der Waals surface area (Å²) in [5.74, 6) is 0. The average Bonchev–Trinajstić information content (AvgIpc) is 2.00. The Morgan fingerprint density at radius 3 is 2.07 bits per heavy atom. The summed E-state index contributed by atoms with van der Waals surface area (Å²) in [7, 11) is -2.02. The Bertz CT molecular complexity index is 366. The van der Waals surface area contributed by atoms with E-state index in [-0.39, 0.29) is 0 Å². The molecule has 1 rings (SSSR count). The number of benzene rings is 1. The zero-order chi connectivity index (χ0) is 11.9. The molecule has 0 aromatic heterocycles. The zero-order valence-corrected chi connectivity index (χ0v) is 10.5. The molecule has 0 unspecified atom stereocenters. The van der Waals surface area contributed by atoms with E-state index in [1.165, 1.54) is 12.1 Å². The van der Waals surface area contributed by atoms with E-state index in [4.69, 9.17) is 11.6 Å². The molecule has 0 saturated heterocycles. The van der Waals surface area contributed by atoms with Gasteiger partial charge in [0.2, 0.25) is 0 Å². The number of alkyl halides is 3. The van der Waals surface area contributed by atoms with E-state index in [2.05, 4.69) is 0 Å². The SMILES string of the molecule is C[Si](C)(C)c1cc(Cl)ccc1C(F)(F)F. The first-order valence-electron chi connectivity index (χ1n) is 4.49. The fraction of sp³-hybridized carbons (Fsp3) is 0.400. The molecule has 0 fully saturated rings. The minimum absolute atomic E-state index is 0.362. The smallest absolute Gasteiger partial charge is 0.166 e. The maximum absolute atomic E-state index is 12.7.